The van der Waals surface area contributed by atoms with Crippen LogP contribution in [-0.4, -0.2) is 27.6 Å². The van der Waals surface area contributed by atoms with Gasteiger partial charge >= 0.3 is 0 Å². The fourth-order valence-corrected chi connectivity index (χ4v) is 3.09. The van der Waals surface area contributed by atoms with E-state index in [2.05, 4.69) is 15.7 Å². The van der Waals surface area contributed by atoms with Gasteiger partial charge in [-0.3, -0.25) is 14.3 Å². The lowest BCUT2D eigenvalue weighted by molar-refractivity contribution is -0.124. The van der Waals surface area contributed by atoms with Gasteiger partial charge in [0.1, 0.15) is 6.04 Å². The summed E-state index contributed by atoms with van der Waals surface area (Å²) in [5, 5.41) is 10.1. The molecule has 0 bridgehead atoms. The molecule has 0 spiro atoms. The summed E-state index contributed by atoms with van der Waals surface area (Å²) in [7, 11) is 0. The van der Waals surface area contributed by atoms with E-state index in [0.29, 0.717) is 18.7 Å². The van der Waals surface area contributed by atoms with Crippen LogP contribution < -0.4 is 10.6 Å². The van der Waals surface area contributed by atoms with Crippen molar-refractivity contribution in [3.05, 3.63) is 89.7 Å². The fourth-order valence-electron chi connectivity index (χ4n) is 3.09. The molecular formula is C23H26N4O2. The Morgan fingerprint density at radius 3 is 2.31 bits per heavy atom. The molecule has 2 N–H and O–H groups in total. The number of nitrogens with one attached hydrogen (secondary N) is 2. The normalized spacial score (nSPS) is 11.8. The minimum atomic E-state index is -0.610. The Morgan fingerprint density at radius 2 is 1.66 bits per heavy atom. The van der Waals surface area contributed by atoms with Gasteiger partial charge in [0, 0.05) is 24.5 Å². The SMILES string of the molecule is CC(C)[C@H](NC(=O)c1ccccc1)C(=O)NCc1ccccc1Cn1cccn1. The lowest BCUT2D eigenvalue weighted by atomic mass is 10.0. The third-order valence-electron chi connectivity index (χ3n) is 4.73. The van der Waals surface area contributed by atoms with Crippen LogP contribution in [-0.2, 0) is 17.9 Å². The predicted molar refractivity (Wildman–Crippen MR) is 112 cm³/mol. The lowest BCUT2D eigenvalue weighted by Gasteiger charge is -2.22. The van der Waals surface area contributed by atoms with E-state index >= 15 is 0 Å². The van der Waals surface area contributed by atoms with Crippen LogP contribution in [0.2, 0.25) is 0 Å². The van der Waals surface area contributed by atoms with Gasteiger partial charge in [0.05, 0.1) is 6.54 Å². The van der Waals surface area contributed by atoms with Gasteiger partial charge in [0.2, 0.25) is 5.91 Å². The Bertz CT molecular complexity index is 937. The third kappa shape index (κ3) is 5.54. The molecule has 0 saturated carbocycles. The molecule has 150 valence electrons. The molecule has 3 rings (SSSR count). The van der Waals surface area contributed by atoms with Gasteiger partial charge in [-0.15, -0.1) is 0 Å². The maximum absolute atomic E-state index is 12.8. The first-order chi connectivity index (χ1) is 14.0. The largest absolute Gasteiger partial charge is 0.350 e. The molecule has 29 heavy (non-hydrogen) atoms. The van der Waals surface area contributed by atoms with Crippen molar-refractivity contribution in [2.75, 3.05) is 0 Å². The van der Waals surface area contributed by atoms with E-state index in [0.717, 1.165) is 11.1 Å². The molecule has 2 amide bonds. The van der Waals surface area contributed by atoms with Crippen molar-refractivity contribution in [3.8, 4) is 0 Å². The summed E-state index contributed by atoms with van der Waals surface area (Å²) in [5.41, 5.74) is 2.65. The molecule has 0 fully saturated rings. The molecule has 1 heterocycles. The van der Waals surface area contributed by atoms with E-state index < -0.39 is 6.04 Å². The topological polar surface area (TPSA) is 76.0 Å². The number of aromatic nitrogens is 2. The smallest absolute Gasteiger partial charge is 0.251 e. The van der Waals surface area contributed by atoms with Gasteiger partial charge in [-0.1, -0.05) is 56.3 Å². The van der Waals surface area contributed by atoms with Crippen molar-refractivity contribution in [1.29, 1.82) is 0 Å². The molecule has 0 radical (unpaired) electrons. The molecule has 1 atom stereocenters. The van der Waals surface area contributed by atoms with E-state index in [4.69, 9.17) is 0 Å². The van der Waals surface area contributed by atoms with Gasteiger partial charge in [-0.25, -0.2) is 0 Å². The number of rotatable bonds is 8. The summed E-state index contributed by atoms with van der Waals surface area (Å²) in [4.78, 5) is 25.3. The number of carbonyl (C=O) groups is 2. The van der Waals surface area contributed by atoms with E-state index in [9.17, 15) is 9.59 Å². The molecule has 3 aromatic rings. The molecule has 0 aliphatic rings. The number of benzene rings is 2. The highest BCUT2D eigenvalue weighted by Gasteiger charge is 2.24. The van der Waals surface area contributed by atoms with Crippen molar-refractivity contribution in [2.24, 2.45) is 5.92 Å². The Hall–Kier alpha value is -3.41. The molecule has 6 nitrogen and oxygen atoms in total. The van der Waals surface area contributed by atoms with E-state index in [1.54, 1.807) is 30.5 Å². The number of nitrogens with zero attached hydrogens (tertiary/aromatic N) is 2. The Kier molecular flexibility index (Phi) is 6.79. The Morgan fingerprint density at radius 1 is 0.966 bits per heavy atom. The van der Waals surface area contributed by atoms with E-state index in [1.807, 2.05) is 61.1 Å². The van der Waals surface area contributed by atoms with E-state index in [-0.39, 0.29) is 17.7 Å². The average Bonchev–Trinajstić information content (AvgIpc) is 3.24. The first kappa shape index (κ1) is 20.3. The highest BCUT2D eigenvalue weighted by atomic mass is 16.2. The fraction of sp³-hybridized carbons (Fsp3) is 0.261. The standard InChI is InChI=1S/C23H26N4O2/c1-17(2)21(26-22(28)18-9-4-3-5-10-18)23(29)24-15-19-11-6-7-12-20(19)16-27-14-8-13-25-27/h3-14,17,21H,15-16H2,1-2H3,(H,24,29)(H,26,28)/t21-/m0/s1. The summed E-state index contributed by atoms with van der Waals surface area (Å²) in [5.74, 6) is -0.487. The van der Waals surface area contributed by atoms with Crippen molar-refractivity contribution >= 4 is 11.8 Å². The van der Waals surface area contributed by atoms with Crippen LogP contribution in [0.4, 0.5) is 0 Å². The summed E-state index contributed by atoms with van der Waals surface area (Å²) >= 11 is 0. The highest BCUT2D eigenvalue weighted by molar-refractivity contribution is 5.97. The van der Waals surface area contributed by atoms with Crippen LogP contribution in [0.5, 0.6) is 0 Å². The molecule has 6 heteroatoms. The van der Waals surface area contributed by atoms with Crippen molar-refractivity contribution < 1.29 is 9.59 Å². The minimum Gasteiger partial charge on any atom is -0.350 e. The van der Waals surface area contributed by atoms with Gasteiger partial charge in [-0.2, -0.15) is 5.10 Å². The molecule has 2 aromatic carbocycles. The molecule has 1 aromatic heterocycles. The molecule has 0 unspecified atom stereocenters. The lowest BCUT2D eigenvalue weighted by Crippen LogP contribution is -2.49. The third-order valence-corrected chi connectivity index (χ3v) is 4.73. The average molecular weight is 390 g/mol. The predicted octanol–water partition coefficient (Wildman–Crippen LogP) is 3.00. The van der Waals surface area contributed by atoms with Crippen LogP contribution in [0.15, 0.2) is 73.1 Å². The number of hydrogen-bond acceptors (Lipinski definition) is 3. The monoisotopic (exact) mass is 390 g/mol. The first-order valence-electron chi connectivity index (χ1n) is 9.72. The van der Waals surface area contributed by atoms with Crippen LogP contribution in [0, 0.1) is 5.92 Å². The van der Waals surface area contributed by atoms with Crippen LogP contribution >= 0.6 is 0 Å². The van der Waals surface area contributed by atoms with Gasteiger partial charge in [-0.05, 0) is 35.2 Å². The Labute approximate surface area is 170 Å². The van der Waals surface area contributed by atoms with Crippen LogP contribution in [0.1, 0.15) is 35.3 Å². The zero-order valence-electron chi connectivity index (χ0n) is 16.7. The summed E-state index contributed by atoms with van der Waals surface area (Å²) in [6.07, 6.45) is 3.65. The highest BCUT2D eigenvalue weighted by Crippen LogP contribution is 2.11. The number of amides is 2. The second kappa shape index (κ2) is 9.68. The van der Waals surface area contributed by atoms with Gasteiger partial charge in [0.25, 0.3) is 5.91 Å². The van der Waals surface area contributed by atoms with E-state index in [1.165, 1.54) is 0 Å². The maximum Gasteiger partial charge on any atom is 0.251 e. The first-order valence-corrected chi connectivity index (χ1v) is 9.72. The molecule has 0 aliphatic carbocycles. The maximum atomic E-state index is 12.8. The van der Waals surface area contributed by atoms with Crippen molar-refractivity contribution in [2.45, 2.75) is 33.0 Å². The van der Waals surface area contributed by atoms with Crippen LogP contribution in [0.3, 0.4) is 0 Å². The minimum absolute atomic E-state index is 0.0398. The summed E-state index contributed by atoms with van der Waals surface area (Å²) < 4.78 is 1.84. The van der Waals surface area contributed by atoms with Crippen molar-refractivity contribution in [3.63, 3.8) is 0 Å². The van der Waals surface area contributed by atoms with Gasteiger partial charge < -0.3 is 10.6 Å². The summed E-state index contributed by atoms with van der Waals surface area (Å²) in [6, 6.07) is 18.1. The number of hydrogen-bond donors (Lipinski definition) is 2. The van der Waals surface area contributed by atoms with Crippen molar-refractivity contribution in [1.82, 2.24) is 20.4 Å². The quantitative estimate of drug-likeness (QED) is 0.621. The molecule has 0 saturated heterocycles. The zero-order chi connectivity index (χ0) is 20.6. The molecule has 0 aliphatic heterocycles. The van der Waals surface area contributed by atoms with Gasteiger partial charge in [0.15, 0.2) is 0 Å². The number of carbonyl (C=O) groups excluding carboxylic acids is 2. The Balaban J connectivity index is 1.64. The van der Waals surface area contributed by atoms with Crippen LogP contribution in [0.25, 0.3) is 0 Å². The zero-order valence-corrected chi connectivity index (χ0v) is 16.7. The molecular weight excluding hydrogens is 364 g/mol. The second-order valence-corrected chi connectivity index (χ2v) is 7.25. The summed E-state index contributed by atoms with van der Waals surface area (Å²) in [6.45, 7) is 4.86. The second-order valence-electron chi connectivity index (χ2n) is 7.25.